The van der Waals surface area contributed by atoms with Gasteiger partial charge in [0.15, 0.2) is 17.7 Å². The first-order valence-corrected chi connectivity index (χ1v) is 9.88. The number of halogens is 2. The molecule has 1 aromatic heterocycles. The van der Waals surface area contributed by atoms with Crippen molar-refractivity contribution in [2.45, 2.75) is 39.1 Å². The van der Waals surface area contributed by atoms with Crippen molar-refractivity contribution in [3.8, 4) is 5.75 Å². The first kappa shape index (κ1) is 21.0. The van der Waals surface area contributed by atoms with Gasteiger partial charge < -0.3 is 24.6 Å². The molecule has 4 rings (SSSR count). The van der Waals surface area contributed by atoms with Crippen LogP contribution in [-0.4, -0.2) is 45.8 Å². The number of nitrogens with one attached hydrogen (secondary N) is 1. The van der Waals surface area contributed by atoms with Gasteiger partial charge in [0.25, 0.3) is 11.8 Å². The normalized spacial score (nSPS) is 19.9. The van der Waals surface area contributed by atoms with E-state index in [0.29, 0.717) is 19.6 Å². The minimum Gasteiger partial charge on any atom is -0.503 e. The summed E-state index contributed by atoms with van der Waals surface area (Å²) in [6.07, 6.45) is 1.21. The van der Waals surface area contributed by atoms with Crippen molar-refractivity contribution in [3.05, 3.63) is 62.6 Å². The molecular weight excluding hydrogens is 412 g/mol. The van der Waals surface area contributed by atoms with Gasteiger partial charge in [-0.15, -0.1) is 0 Å². The fourth-order valence-electron chi connectivity index (χ4n) is 4.09. The van der Waals surface area contributed by atoms with Crippen LogP contribution in [-0.2, 0) is 11.3 Å². The lowest BCUT2D eigenvalue weighted by Crippen LogP contribution is -2.50. The number of aromatic nitrogens is 1. The van der Waals surface area contributed by atoms with Gasteiger partial charge in [-0.25, -0.2) is 8.78 Å². The number of ether oxygens (including phenoxy) is 1. The van der Waals surface area contributed by atoms with Crippen LogP contribution in [0.1, 0.15) is 51.4 Å². The smallest absolute Gasteiger partial charge is 0.276 e. The quantitative estimate of drug-likeness (QED) is 0.766. The summed E-state index contributed by atoms with van der Waals surface area (Å²) < 4.78 is 34.7. The Balaban J connectivity index is 1.68. The largest absolute Gasteiger partial charge is 0.503 e. The molecule has 3 heterocycles. The molecule has 2 aromatic rings. The molecule has 2 aliphatic rings. The highest BCUT2D eigenvalue weighted by Gasteiger charge is 2.44. The molecule has 1 aromatic carbocycles. The molecule has 0 spiro atoms. The molecule has 1 fully saturated rings. The third-order valence-electron chi connectivity index (χ3n) is 5.79. The molecule has 1 saturated heterocycles. The van der Waals surface area contributed by atoms with Crippen molar-refractivity contribution in [3.63, 3.8) is 0 Å². The standard InChI is InChI=1S/C21H21F2N3O5/c1-3-25-20(30)16-18(28)17(27)12(9-26(16)14-6-7-31-21(14)25)19(29)24-8-11-4-5-13(22)10(2)15(11)23/h4-5,9,14,21,28H,3,6-8H2,1-2H3,(H,24,29)/t14-,21+/m1/s1. The lowest BCUT2D eigenvalue weighted by molar-refractivity contribution is -0.0328. The molecule has 0 radical (unpaired) electrons. The van der Waals surface area contributed by atoms with Crippen molar-refractivity contribution >= 4 is 11.8 Å². The van der Waals surface area contributed by atoms with Crippen LogP contribution < -0.4 is 10.7 Å². The first-order chi connectivity index (χ1) is 14.8. The van der Waals surface area contributed by atoms with Crippen LogP contribution in [0.2, 0.25) is 0 Å². The van der Waals surface area contributed by atoms with E-state index in [1.807, 2.05) is 0 Å². The lowest BCUT2D eigenvalue weighted by Gasteiger charge is -2.38. The Hall–Kier alpha value is -3.27. The Labute approximate surface area is 176 Å². The second-order valence-corrected chi connectivity index (χ2v) is 7.51. The zero-order chi connectivity index (χ0) is 22.4. The van der Waals surface area contributed by atoms with E-state index < -0.39 is 40.9 Å². The zero-order valence-electron chi connectivity index (χ0n) is 16.9. The number of likely N-dealkylation sites (N-methyl/N-ethyl adjacent to an activating group) is 1. The van der Waals surface area contributed by atoms with Gasteiger partial charge in [-0.2, -0.15) is 0 Å². The summed E-state index contributed by atoms with van der Waals surface area (Å²) in [6.45, 7) is 3.47. The maximum absolute atomic E-state index is 14.2. The third-order valence-corrected chi connectivity index (χ3v) is 5.79. The highest BCUT2D eigenvalue weighted by molar-refractivity contribution is 5.99. The second-order valence-electron chi connectivity index (χ2n) is 7.51. The van der Waals surface area contributed by atoms with Gasteiger partial charge in [0, 0.05) is 30.4 Å². The van der Waals surface area contributed by atoms with Crippen molar-refractivity contribution in [1.29, 1.82) is 0 Å². The molecule has 2 atom stereocenters. The summed E-state index contributed by atoms with van der Waals surface area (Å²) in [7, 11) is 0. The van der Waals surface area contributed by atoms with Crippen molar-refractivity contribution in [2.75, 3.05) is 13.2 Å². The molecule has 0 aliphatic carbocycles. The number of rotatable bonds is 4. The molecule has 0 saturated carbocycles. The van der Waals surface area contributed by atoms with E-state index in [-0.39, 0.29) is 35.0 Å². The number of benzene rings is 1. The van der Waals surface area contributed by atoms with E-state index >= 15 is 0 Å². The van der Waals surface area contributed by atoms with Crippen molar-refractivity contribution < 1.29 is 28.2 Å². The topological polar surface area (TPSA) is 101 Å². The average molecular weight is 433 g/mol. The summed E-state index contributed by atoms with van der Waals surface area (Å²) in [6, 6.07) is 1.93. The molecular formula is C21H21F2N3O5. The van der Waals surface area contributed by atoms with Gasteiger partial charge in [0.1, 0.15) is 17.2 Å². The summed E-state index contributed by atoms with van der Waals surface area (Å²) in [4.78, 5) is 39.6. The molecule has 31 heavy (non-hydrogen) atoms. The van der Waals surface area contributed by atoms with Gasteiger partial charge in [0.05, 0.1) is 12.6 Å². The van der Waals surface area contributed by atoms with E-state index in [1.54, 1.807) is 6.92 Å². The number of hydrogen-bond donors (Lipinski definition) is 2. The molecule has 164 valence electrons. The monoisotopic (exact) mass is 433 g/mol. The highest BCUT2D eigenvalue weighted by atomic mass is 19.1. The summed E-state index contributed by atoms with van der Waals surface area (Å²) in [5.74, 6) is -3.72. The van der Waals surface area contributed by atoms with Gasteiger partial charge in [0.2, 0.25) is 5.43 Å². The third kappa shape index (κ3) is 3.27. The van der Waals surface area contributed by atoms with E-state index in [4.69, 9.17) is 4.74 Å². The fourth-order valence-corrected chi connectivity index (χ4v) is 4.09. The Morgan fingerprint density at radius 1 is 1.32 bits per heavy atom. The molecule has 10 heteroatoms. The molecule has 2 amide bonds. The summed E-state index contributed by atoms with van der Waals surface area (Å²) >= 11 is 0. The Kier molecular flexibility index (Phi) is 5.26. The lowest BCUT2D eigenvalue weighted by atomic mass is 10.0. The predicted octanol–water partition coefficient (Wildman–Crippen LogP) is 1.83. The van der Waals surface area contributed by atoms with Crippen molar-refractivity contribution in [2.24, 2.45) is 0 Å². The van der Waals surface area contributed by atoms with E-state index in [9.17, 15) is 28.3 Å². The molecule has 2 N–H and O–H groups in total. The number of fused-ring (bicyclic) bond motifs is 3. The number of pyridine rings is 1. The fraction of sp³-hybridized carbons (Fsp3) is 0.381. The maximum atomic E-state index is 14.2. The molecule has 0 unspecified atom stereocenters. The molecule has 0 bridgehead atoms. The average Bonchev–Trinajstić information content (AvgIpc) is 3.23. The zero-order valence-corrected chi connectivity index (χ0v) is 16.9. The van der Waals surface area contributed by atoms with Crippen LogP contribution in [0.4, 0.5) is 8.78 Å². The van der Waals surface area contributed by atoms with Crippen LogP contribution >= 0.6 is 0 Å². The van der Waals surface area contributed by atoms with Gasteiger partial charge in [-0.3, -0.25) is 14.4 Å². The number of amides is 2. The van der Waals surface area contributed by atoms with Crippen LogP contribution in [0.3, 0.4) is 0 Å². The Morgan fingerprint density at radius 2 is 2.06 bits per heavy atom. The van der Waals surface area contributed by atoms with E-state index in [2.05, 4.69) is 5.32 Å². The minimum absolute atomic E-state index is 0.0487. The van der Waals surface area contributed by atoms with Crippen molar-refractivity contribution in [1.82, 2.24) is 14.8 Å². The van der Waals surface area contributed by atoms with Crippen LogP contribution in [0.5, 0.6) is 5.75 Å². The number of carbonyl (C=O) groups excluding carboxylic acids is 2. The van der Waals surface area contributed by atoms with Crippen LogP contribution in [0.15, 0.2) is 23.1 Å². The number of carbonyl (C=O) groups is 2. The number of hydrogen-bond acceptors (Lipinski definition) is 5. The Bertz CT molecular complexity index is 1150. The number of nitrogens with zero attached hydrogens (tertiary/aromatic N) is 2. The second kappa shape index (κ2) is 7.77. The Morgan fingerprint density at radius 3 is 2.77 bits per heavy atom. The van der Waals surface area contributed by atoms with E-state index in [1.165, 1.54) is 28.7 Å². The molecule has 8 nitrogen and oxygen atoms in total. The number of aromatic hydroxyl groups is 1. The SMILES string of the molecule is CCN1C(=O)c2c(O)c(=O)c(C(=O)NCc3ccc(F)c(C)c3F)cn2[C@@H]2CCO[C@@H]21. The predicted molar refractivity (Wildman–Crippen MR) is 105 cm³/mol. The summed E-state index contributed by atoms with van der Waals surface area (Å²) in [5, 5.41) is 12.9. The summed E-state index contributed by atoms with van der Waals surface area (Å²) in [5.41, 5.74) is -1.70. The van der Waals surface area contributed by atoms with Crippen LogP contribution in [0.25, 0.3) is 0 Å². The highest BCUT2D eigenvalue weighted by Crippen LogP contribution is 2.36. The van der Waals surface area contributed by atoms with Gasteiger partial charge in [-0.1, -0.05) is 6.07 Å². The minimum atomic E-state index is -0.999. The first-order valence-electron chi connectivity index (χ1n) is 9.88. The molecule has 2 aliphatic heterocycles. The maximum Gasteiger partial charge on any atom is 0.276 e. The van der Waals surface area contributed by atoms with E-state index in [0.717, 1.165) is 6.07 Å². The van der Waals surface area contributed by atoms with Gasteiger partial charge >= 0.3 is 0 Å². The van der Waals surface area contributed by atoms with Gasteiger partial charge in [-0.05, 0) is 26.3 Å². The van der Waals surface area contributed by atoms with Crippen LogP contribution in [0, 0.1) is 18.6 Å².